The van der Waals surface area contributed by atoms with Crippen LogP contribution in [0.15, 0.2) is 18.3 Å². The molecule has 0 radical (unpaired) electrons. The molecule has 1 amide bonds. The van der Waals surface area contributed by atoms with Gasteiger partial charge in [0.05, 0.1) is 6.20 Å². The molecule has 1 fully saturated rings. The number of rotatable bonds is 3. The van der Waals surface area contributed by atoms with E-state index < -0.39 is 5.82 Å². The number of carbonyl (C=O) groups is 1. The average molecular weight is 330 g/mol. The Morgan fingerprint density at radius 3 is 2.84 bits per heavy atom. The predicted octanol–water partition coefficient (Wildman–Crippen LogP) is 1.76. The van der Waals surface area contributed by atoms with Gasteiger partial charge in [-0.25, -0.2) is 9.37 Å². The highest BCUT2D eigenvalue weighted by Gasteiger charge is 2.20. The quantitative estimate of drug-likeness (QED) is 0.793. The molecule has 1 aliphatic heterocycles. The molecule has 0 bridgehead atoms. The summed E-state index contributed by atoms with van der Waals surface area (Å²) < 4.78 is 12.8. The molecule has 2 rings (SSSR count). The van der Waals surface area contributed by atoms with Gasteiger partial charge in [0.25, 0.3) is 5.91 Å². The topological polar surface area (TPSA) is 36.4 Å². The molecule has 0 aliphatic carbocycles. The van der Waals surface area contributed by atoms with Gasteiger partial charge in [0, 0.05) is 31.5 Å². The summed E-state index contributed by atoms with van der Waals surface area (Å²) in [6.07, 6.45) is 2.04. The van der Waals surface area contributed by atoms with E-state index in [1.54, 1.807) is 4.90 Å². The van der Waals surface area contributed by atoms with E-state index in [2.05, 4.69) is 25.8 Å². The van der Waals surface area contributed by atoms with E-state index in [9.17, 15) is 9.18 Å². The number of alkyl halides is 1. The molecule has 1 saturated heterocycles. The van der Waals surface area contributed by atoms with Crippen molar-refractivity contribution in [1.29, 1.82) is 0 Å². The van der Waals surface area contributed by atoms with Crippen LogP contribution in [0.5, 0.6) is 0 Å². The van der Waals surface area contributed by atoms with Gasteiger partial charge in [-0.1, -0.05) is 15.9 Å². The largest absolute Gasteiger partial charge is 0.336 e. The van der Waals surface area contributed by atoms with Crippen molar-refractivity contribution in [3.05, 3.63) is 29.8 Å². The first-order valence-electron chi connectivity index (χ1n) is 6.40. The van der Waals surface area contributed by atoms with E-state index in [1.165, 1.54) is 12.1 Å². The standard InChI is InChI=1S/C13H17BrFN3O/c14-4-7-17-5-1-6-18(9-8-17)13(19)12-3-2-11(15)10-16-12/h2-3,10H,1,4-9H2. The number of hydrogen-bond donors (Lipinski definition) is 0. The van der Waals surface area contributed by atoms with E-state index in [0.717, 1.165) is 44.1 Å². The van der Waals surface area contributed by atoms with Crippen molar-refractivity contribution in [2.75, 3.05) is 38.1 Å². The monoisotopic (exact) mass is 329 g/mol. The molecule has 19 heavy (non-hydrogen) atoms. The van der Waals surface area contributed by atoms with Crippen LogP contribution in [-0.2, 0) is 0 Å². The Morgan fingerprint density at radius 2 is 2.16 bits per heavy atom. The lowest BCUT2D eigenvalue weighted by Crippen LogP contribution is -2.36. The number of carbonyl (C=O) groups excluding carboxylic acids is 1. The van der Waals surface area contributed by atoms with Crippen LogP contribution in [0.4, 0.5) is 4.39 Å². The second-order valence-corrected chi connectivity index (χ2v) is 5.33. The maximum atomic E-state index is 12.8. The van der Waals surface area contributed by atoms with Gasteiger partial charge in [-0.3, -0.25) is 4.79 Å². The Kier molecular flexibility index (Phi) is 5.27. The van der Waals surface area contributed by atoms with Crippen LogP contribution in [0, 0.1) is 5.82 Å². The summed E-state index contributed by atoms with van der Waals surface area (Å²) in [5.41, 5.74) is 0.315. The minimum absolute atomic E-state index is 0.110. The Morgan fingerprint density at radius 1 is 1.32 bits per heavy atom. The zero-order valence-electron chi connectivity index (χ0n) is 10.7. The minimum atomic E-state index is -0.420. The van der Waals surface area contributed by atoms with Gasteiger partial charge in [0.1, 0.15) is 11.5 Å². The van der Waals surface area contributed by atoms with E-state index in [4.69, 9.17) is 0 Å². The highest BCUT2D eigenvalue weighted by Crippen LogP contribution is 2.08. The summed E-state index contributed by atoms with van der Waals surface area (Å²) in [5.74, 6) is -0.531. The third kappa shape index (κ3) is 3.98. The van der Waals surface area contributed by atoms with Crippen LogP contribution in [0.25, 0.3) is 0 Å². The summed E-state index contributed by atoms with van der Waals surface area (Å²) in [6, 6.07) is 2.72. The fourth-order valence-corrected chi connectivity index (χ4v) is 2.68. The Hall–Kier alpha value is -1.01. The first kappa shape index (κ1) is 14.4. The van der Waals surface area contributed by atoms with Gasteiger partial charge in [0.15, 0.2) is 0 Å². The summed E-state index contributed by atoms with van der Waals surface area (Å²) in [4.78, 5) is 20.2. The van der Waals surface area contributed by atoms with Crippen molar-refractivity contribution in [1.82, 2.24) is 14.8 Å². The summed E-state index contributed by atoms with van der Waals surface area (Å²) >= 11 is 3.43. The van der Waals surface area contributed by atoms with Crippen LogP contribution in [0.3, 0.4) is 0 Å². The second-order valence-electron chi connectivity index (χ2n) is 4.54. The van der Waals surface area contributed by atoms with Crippen molar-refractivity contribution in [3.63, 3.8) is 0 Å². The molecule has 0 unspecified atom stereocenters. The van der Waals surface area contributed by atoms with Gasteiger partial charge in [0.2, 0.25) is 0 Å². The highest BCUT2D eigenvalue weighted by molar-refractivity contribution is 9.09. The van der Waals surface area contributed by atoms with Crippen molar-refractivity contribution in [2.24, 2.45) is 0 Å². The zero-order valence-corrected chi connectivity index (χ0v) is 12.3. The third-order valence-corrected chi connectivity index (χ3v) is 3.58. The number of amides is 1. The molecule has 0 atom stereocenters. The molecule has 0 saturated carbocycles. The van der Waals surface area contributed by atoms with Gasteiger partial charge < -0.3 is 9.80 Å². The van der Waals surface area contributed by atoms with Crippen LogP contribution in [0.2, 0.25) is 0 Å². The first-order valence-corrected chi connectivity index (χ1v) is 7.52. The van der Waals surface area contributed by atoms with Gasteiger partial charge >= 0.3 is 0 Å². The number of hydrogen-bond acceptors (Lipinski definition) is 3. The Balaban J connectivity index is 1.98. The lowest BCUT2D eigenvalue weighted by molar-refractivity contribution is 0.0756. The van der Waals surface area contributed by atoms with Crippen LogP contribution in [0.1, 0.15) is 16.9 Å². The average Bonchev–Trinajstić information content (AvgIpc) is 2.65. The summed E-state index contributed by atoms with van der Waals surface area (Å²) in [6.45, 7) is 4.31. The number of aromatic nitrogens is 1. The SMILES string of the molecule is O=C(c1ccc(F)cn1)N1CCCN(CCBr)CC1. The molecule has 1 aromatic rings. The van der Waals surface area contributed by atoms with Crippen molar-refractivity contribution >= 4 is 21.8 Å². The van der Waals surface area contributed by atoms with Gasteiger partial charge in [-0.05, 0) is 25.1 Å². The van der Waals surface area contributed by atoms with E-state index >= 15 is 0 Å². The molecule has 1 aromatic heterocycles. The molecule has 0 aromatic carbocycles. The van der Waals surface area contributed by atoms with E-state index in [1.807, 2.05) is 0 Å². The van der Waals surface area contributed by atoms with Crippen molar-refractivity contribution < 1.29 is 9.18 Å². The molecule has 0 N–H and O–H groups in total. The lowest BCUT2D eigenvalue weighted by Gasteiger charge is -2.21. The number of pyridine rings is 1. The zero-order chi connectivity index (χ0) is 13.7. The highest BCUT2D eigenvalue weighted by atomic mass is 79.9. The number of halogens is 2. The first-order chi connectivity index (χ1) is 9.20. The molecule has 104 valence electrons. The number of nitrogens with zero attached hydrogens (tertiary/aromatic N) is 3. The molecule has 4 nitrogen and oxygen atoms in total. The van der Waals surface area contributed by atoms with Crippen LogP contribution in [-0.4, -0.2) is 58.7 Å². The predicted molar refractivity (Wildman–Crippen MR) is 74.9 cm³/mol. The second kappa shape index (κ2) is 6.96. The smallest absolute Gasteiger partial charge is 0.272 e. The lowest BCUT2D eigenvalue weighted by atomic mass is 10.3. The van der Waals surface area contributed by atoms with Crippen molar-refractivity contribution in [3.8, 4) is 0 Å². The summed E-state index contributed by atoms with van der Waals surface area (Å²) in [5, 5.41) is 0.945. The Bertz CT molecular complexity index is 426. The molecule has 0 spiro atoms. The van der Waals surface area contributed by atoms with E-state index in [-0.39, 0.29) is 5.91 Å². The molecule has 6 heteroatoms. The molecule has 2 heterocycles. The van der Waals surface area contributed by atoms with E-state index in [0.29, 0.717) is 12.2 Å². The molecule has 1 aliphatic rings. The molecular formula is C13H17BrFN3O. The Labute approximate surface area is 120 Å². The third-order valence-electron chi connectivity index (χ3n) is 3.22. The van der Waals surface area contributed by atoms with Crippen LogP contribution >= 0.6 is 15.9 Å². The molecular weight excluding hydrogens is 313 g/mol. The van der Waals surface area contributed by atoms with Crippen molar-refractivity contribution in [2.45, 2.75) is 6.42 Å². The van der Waals surface area contributed by atoms with Gasteiger partial charge in [-0.15, -0.1) is 0 Å². The minimum Gasteiger partial charge on any atom is -0.336 e. The maximum Gasteiger partial charge on any atom is 0.272 e. The fourth-order valence-electron chi connectivity index (χ4n) is 2.18. The normalized spacial score (nSPS) is 17.3. The van der Waals surface area contributed by atoms with Crippen LogP contribution < -0.4 is 0 Å². The maximum absolute atomic E-state index is 12.8. The van der Waals surface area contributed by atoms with Gasteiger partial charge in [-0.2, -0.15) is 0 Å². The fraction of sp³-hybridized carbons (Fsp3) is 0.538. The summed E-state index contributed by atoms with van der Waals surface area (Å²) in [7, 11) is 0.